The maximum Gasteiger partial charge on any atom is 0.0649 e. The van der Waals surface area contributed by atoms with Crippen molar-refractivity contribution in [1.29, 1.82) is 0 Å². The molecule has 0 fully saturated rings. The quantitative estimate of drug-likeness (QED) is 0.855. The third kappa shape index (κ3) is 4.43. The fourth-order valence-electron chi connectivity index (χ4n) is 2.57. The summed E-state index contributed by atoms with van der Waals surface area (Å²) in [6.07, 6.45) is 4.12. The molecule has 0 bridgehead atoms. The normalized spacial score (nSPS) is 13.3. The Labute approximate surface area is 128 Å². The van der Waals surface area contributed by atoms with Crippen molar-refractivity contribution < 1.29 is 0 Å². The van der Waals surface area contributed by atoms with Crippen LogP contribution in [-0.2, 0) is 0 Å². The van der Waals surface area contributed by atoms with Crippen LogP contribution < -0.4 is 5.32 Å². The lowest BCUT2D eigenvalue weighted by atomic mass is 9.87. The second-order valence-corrected chi connectivity index (χ2v) is 6.77. The van der Waals surface area contributed by atoms with Crippen LogP contribution in [0.5, 0.6) is 0 Å². The van der Waals surface area contributed by atoms with Crippen LogP contribution in [0.4, 0.5) is 0 Å². The van der Waals surface area contributed by atoms with Crippen molar-refractivity contribution in [2.45, 2.75) is 46.6 Å². The highest BCUT2D eigenvalue weighted by Crippen LogP contribution is 2.30. The van der Waals surface area contributed by atoms with Crippen LogP contribution in [0.25, 0.3) is 5.69 Å². The molecule has 1 aromatic carbocycles. The SMILES string of the molecule is CCCNC(CC(C)(C)C)c1ccnn1-c1ccccc1. The molecule has 0 amide bonds. The Bertz CT molecular complexity index is 537. The van der Waals surface area contributed by atoms with Gasteiger partial charge in [0, 0.05) is 6.20 Å². The van der Waals surface area contributed by atoms with E-state index >= 15 is 0 Å². The minimum absolute atomic E-state index is 0.275. The number of benzene rings is 1. The van der Waals surface area contributed by atoms with Crippen molar-refractivity contribution in [3.8, 4) is 5.69 Å². The van der Waals surface area contributed by atoms with E-state index in [1.165, 1.54) is 5.69 Å². The predicted molar refractivity (Wildman–Crippen MR) is 88.7 cm³/mol. The summed E-state index contributed by atoms with van der Waals surface area (Å²) in [7, 11) is 0. The van der Waals surface area contributed by atoms with Gasteiger partial charge in [-0.3, -0.25) is 0 Å². The summed E-state index contributed by atoms with van der Waals surface area (Å²) in [5, 5.41) is 8.20. The number of hydrogen-bond acceptors (Lipinski definition) is 2. The van der Waals surface area contributed by atoms with Gasteiger partial charge in [-0.2, -0.15) is 5.10 Å². The number of aromatic nitrogens is 2. The van der Waals surface area contributed by atoms with Crippen molar-refractivity contribution in [3.63, 3.8) is 0 Å². The van der Waals surface area contributed by atoms with Gasteiger partial charge in [-0.1, -0.05) is 45.9 Å². The van der Waals surface area contributed by atoms with Crippen molar-refractivity contribution >= 4 is 0 Å². The molecule has 1 aromatic heterocycles. The Kier molecular flexibility index (Phi) is 5.18. The van der Waals surface area contributed by atoms with E-state index in [-0.39, 0.29) is 5.41 Å². The molecule has 2 aromatic rings. The summed E-state index contributed by atoms with van der Waals surface area (Å²) in [6.45, 7) is 10.1. The van der Waals surface area contributed by atoms with Crippen molar-refractivity contribution in [3.05, 3.63) is 48.3 Å². The van der Waals surface area contributed by atoms with Crippen molar-refractivity contribution in [2.75, 3.05) is 6.54 Å². The fourth-order valence-corrected chi connectivity index (χ4v) is 2.57. The average Bonchev–Trinajstić information content (AvgIpc) is 2.92. The largest absolute Gasteiger partial charge is 0.309 e. The lowest BCUT2D eigenvalue weighted by Gasteiger charge is -2.27. The van der Waals surface area contributed by atoms with Gasteiger partial charge in [0.25, 0.3) is 0 Å². The van der Waals surface area contributed by atoms with Gasteiger partial charge in [-0.15, -0.1) is 0 Å². The summed E-state index contributed by atoms with van der Waals surface area (Å²) in [6, 6.07) is 12.8. The van der Waals surface area contributed by atoms with Crippen LogP contribution in [-0.4, -0.2) is 16.3 Å². The van der Waals surface area contributed by atoms with Crippen LogP contribution in [0.1, 0.15) is 52.3 Å². The molecule has 0 saturated heterocycles. The number of nitrogens with one attached hydrogen (secondary N) is 1. The molecule has 1 atom stereocenters. The molecule has 0 spiro atoms. The summed E-state index contributed by atoms with van der Waals surface area (Å²) < 4.78 is 2.05. The third-order valence-corrected chi connectivity index (χ3v) is 3.49. The van der Waals surface area contributed by atoms with Gasteiger partial charge in [0.05, 0.1) is 17.4 Å². The molecule has 1 N–H and O–H groups in total. The molecule has 0 radical (unpaired) electrons. The van der Waals surface area contributed by atoms with Gasteiger partial charge in [0.2, 0.25) is 0 Å². The number of hydrogen-bond donors (Lipinski definition) is 1. The summed E-state index contributed by atoms with van der Waals surface area (Å²) >= 11 is 0. The van der Waals surface area contributed by atoms with Crippen LogP contribution in [0, 0.1) is 5.41 Å². The molecule has 2 rings (SSSR count). The second kappa shape index (κ2) is 6.90. The molecule has 1 heterocycles. The zero-order valence-corrected chi connectivity index (χ0v) is 13.6. The Hall–Kier alpha value is -1.61. The van der Waals surface area contributed by atoms with Gasteiger partial charge >= 0.3 is 0 Å². The highest BCUT2D eigenvalue weighted by molar-refractivity contribution is 5.33. The lowest BCUT2D eigenvalue weighted by molar-refractivity contribution is 0.305. The van der Waals surface area contributed by atoms with E-state index < -0.39 is 0 Å². The topological polar surface area (TPSA) is 29.9 Å². The fraction of sp³-hybridized carbons (Fsp3) is 0.500. The number of rotatable bonds is 6. The van der Waals surface area contributed by atoms with E-state index in [1.807, 2.05) is 12.3 Å². The molecular weight excluding hydrogens is 258 g/mol. The second-order valence-electron chi connectivity index (χ2n) is 6.77. The predicted octanol–water partition coefficient (Wildman–Crippen LogP) is 4.35. The maximum absolute atomic E-state index is 4.52. The maximum atomic E-state index is 4.52. The van der Waals surface area contributed by atoms with Gasteiger partial charge < -0.3 is 5.32 Å². The number of para-hydroxylation sites is 1. The van der Waals surface area contributed by atoms with Crippen molar-refractivity contribution in [2.24, 2.45) is 5.41 Å². The zero-order chi connectivity index (χ0) is 15.3. The zero-order valence-electron chi connectivity index (χ0n) is 13.6. The molecule has 21 heavy (non-hydrogen) atoms. The Morgan fingerprint density at radius 2 is 1.86 bits per heavy atom. The number of nitrogens with zero attached hydrogens (tertiary/aromatic N) is 2. The third-order valence-electron chi connectivity index (χ3n) is 3.49. The Morgan fingerprint density at radius 3 is 2.48 bits per heavy atom. The molecule has 0 saturated carbocycles. The van der Waals surface area contributed by atoms with Crippen LogP contribution >= 0.6 is 0 Å². The van der Waals surface area contributed by atoms with Crippen LogP contribution in [0.3, 0.4) is 0 Å². The Balaban J connectivity index is 2.30. The van der Waals surface area contributed by atoms with Crippen LogP contribution in [0.15, 0.2) is 42.6 Å². The smallest absolute Gasteiger partial charge is 0.0649 e. The minimum Gasteiger partial charge on any atom is -0.309 e. The van der Waals surface area contributed by atoms with Crippen molar-refractivity contribution in [1.82, 2.24) is 15.1 Å². The molecule has 114 valence electrons. The average molecular weight is 285 g/mol. The minimum atomic E-state index is 0.275. The molecule has 3 heteroatoms. The first-order valence-electron chi connectivity index (χ1n) is 7.84. The lowest BCUT2D eigenvalue weighted by Crippen LogP contribution is -2.28. The van der Waals surface area contributed by atoms with E-state index in [4.69, 9.17) is 0 Å². The van der Waals surface area contributed by atoms with E-state index in [2.05, 4.69) is 73.1 Å². The summed E-state index contributed by atoms with van der Waals surface area (Å²) in [4.78, 5) is 0. The van der Waals surface area contributed by atoms with Gasteiger partial charge in [0.15, 0.2) is 0 Å². The Morgan fingerprint density at radius 1 is 1.14 bits per heavy atom. The first-order chi connectivity index (χ1) is 10.0. The summed E-state index contributed by atoms with van der Waals surface area (Å²) in [5.41, 5.74) is 2.64. The van der Waals surface area contributed by atoms with Gasteiger partial charge in [-0.05, 0) is 43.0 Å². The first-order valence-corrected chi connectivity index (χ1v) is 7.84. The molecular formula is C18H27N3. The van der Waals surface area contributed by atoms with E-state index in [9.17, 15) is 0 Å². The molecule has 1 unspecified atom stereocenters. The molecule has 3 nitrogen and oxygen atoms in total. The van der Waals surface area contributed by atoms with E-state index in [0.29, 0.717) is 6.04 Å². The monoisotopic (exact) mass is 285 g/mol. The standard InChI is InChI=1S/C18H27N3/c1-5-12-19-16(14-18(2,3)4)17-11-13-20-21(17)15-9-7-6-8-10-15/h6-11,13,16,19H,5,12,14H2,1-4H3. The summed E-state index contributed by atoms with van der Waals surface area (Å²) in [5.74, 6) is 0. The molecule has 0 aliphatic carbocycles. The van der Waals surface area contributed by atoms with E-state index in [1.54, 1.807) is 0 Å². The molecule has 0 aliphatic heterocycles. The first kappa shape index (κ1) is 15.8. The molecule has 0 aliphatic rings. The highest BCUT2D eigenvalue weighted by Gasteiger charge is 2.22. The highest BCUT2D eigenvalue weighted by atomic mass is 15.3. The van der Waals surface area contributed by atoms with Crippen LogP contribution in [0.2, 0.25) is 0 Å². The van der Waals surface area contributed by atoms with E-state index in [0.717, 1.165) is 25.1 Å². The van der Waals surface area contributed by atoms with Gasteiger partial charge in [-0.25, -0.2) is 4.68 Å². The van der Waals surface area contributed by atoms with Gasteiger partial charge in [0.1, 0.15) is 0 Å².